The number of anilines is 2. The summed E-state index contributed by atoms with van der Waals surface area (Å²) in [4.78, 5) is 40.0. The lowest BCUT2D eigenvalue weighted by Crippen LogP contribution is -2.55. The van der Waals surface area contributed by atoms with Gasteiger partial charge in [-0.25, -0.2) is 0 Å². The van der Waals surface area contributed by atoms with Gasteiger partial charge in [-0.2, -0.15) is 13.2 Å². The van der Waals surface area contributed by atoms with E-state index in [1.807, 2.05) is 0 Å². The Hall–Kier alpha value is -3.97. The standard InChI is InChI=1S/C23H22F3N5O5/c24-23(25,26)11-30-10-13-3-6-15(9-16(13)21(30)34)31-7-8-36-18(22(31)35)17(32)20(33)29-14-4-1-12(2-5-14)19(27)28/h1-6,9,17-18,32H,7-8,10-11H2,(H3,27,28)(H,29,33)/t17?,18-/m1/s1. The van der Waals surface area contributed by atoms with E-state index in [4.69, 9.17) is 15.9 Å². The third kappa shape index (κ3) is 5.16. The van der Waals surface area contributed by atoms with Gasteiger partial charge < -0.3 is 30.7 Å². The average Bonchev–Trinajstić information content (AvgIpc) is 3.12. The first-order valence-corrected chi connectivity index (χ1v) is 10.8. The number of nitrogen functional groups attached to an aromatic ring is 1. The quantitative estimate of drug-likeness (QED) is 0.343. The Kier molecular flexibility index (Phi) is 6.69. The number of hydrogen-bond donors (Lipinski definition) is 4. The first kappa shape index (κ1) is 25.1. The number of ether oxygens (including phenoxy) is 1. The van der Waals surface area contributed by atoms with Crippen molar-refractivity contribution >= 4 is 34.9 Å². The average molecular weight is 505 g/mol. The normalized spacial score (nSPS) is 18.7. The summed E-state index contributed by atoms with van der Waals surface area (Å²) < 4.78 is 43.6. The Bertz CT molecular complexity index is 1220. The molecule has 2 aromatic carbocycles. The van der Waals surface area contributed by atoms with Crippen LogP contribution in [0.15, 0.2) is 42.5 Å². The van der Waals surface area contributed by atoms with Crippen molar-refractivity contribution in [2.45, 2.75) is 24.9 Å². The molecule has 3 amide bonds. The van der Waals surface area contributed by atoms with Gasteiger partial charge in [0, 0.05) is 35.6 Å². The fraction of sp³-hybridized carbons (Fsp3) is 0.304. The fourth-order valence-electron chi connectivity index (χ4n) is 4.04. The summed E-state index contributed by atoms with van der Waals surface area (Å²) in [5.41, 5.74) is 6.81. The monoisotopic (exact) mass is 505 g/mol. The molecule has 10 nitrogen and oxygen atoms in total. The first-order chi connectivity index (χ1) is 16.9. The van der Waals surface area contributed by atoms with Crippen LogP contribution in [0.1, 0.15) is 21.5 Å². The third-order valence-corrected chi connectivity index (χ3v) is 5.79. The summed E-state index contributed by atoms with van der Waals surface area (Å²) in [5.74, 6) is -2.60. The van der Waals surface area contributed by atoms with Crippen LogP contribution in [0.5, 0.6) is 0 Å². The predicted molar refractivity (Wildman–Crippen MR) is 121 cm³/mol. The highest BCUT2D eigenvalue weighted by molar-refractivity contribution is 6.05. The van der Waals surface area contributed by atoms with E-state index in [1.165, 1.54) is 47.4 Å². The SMILES string of the molecule is N=C(N)c1ccc(NC(=O)C(O)[C@H]2OCCN(c3ccc4c(c3)C(=O)N(CC(F)(F)F)C4)C2=O)cc1. The molecule has 36 heavy (non-hydrogen) atoms. The van der Waals surface area contributed by atoms with Crippen molar-refractivity contribution in [2.24, 2.45) is 5.73 Å². The van der Waals surface area contributed by atoms with Crippen molar-refractivity contribution in [3.63, 3.8) is 0 Å². The molecule has 4 rings (SSSR count). The second-order valence-corrected chi connectivity index (χ2v) is 8.32. The van der Waals surface area contributed by atoms with Gasteiger partial charge in [-0.1, -0.05) is 6.07 Å². The van der Waals surface area contributed by atoms with E-state index in [0.717, 1.165) is 0 Å². The highest BCUT2D eigenvalue weighted by Gasteiger charge is 2.41. The minimum absolute atomic E-state index is 0.0285. The Balaban J connectivity index is 1.46. The van der Waals surface area contributed by atoms with E-state index in [-0.39, 0.29) is 36.8 Å². The summed E-state index contributed by atoms with van der Waals surface area (Å²) in [6, 6.07) is 10.2. The van der Waals surface area contributed by atoms with Crippen molar-refractivity contribution in [2.75, 3.05) is 29.9 Å². The molecule has 2 aliphatic rings. The van der Waals surface area contributed by atoms with E-state index >= 15 is 0 Å². The zero-order valence-electron chi connectivity index (χ0n) is 18.7. The summed E-state index contributed by atoms with van der Waals surface area (Å²) in [6.45, 7) is -1.55. The molecule has 1 unspecified atom stereocenters. The summed E-state index contributed by atoms with van der Waals surface area (Å²) >= 11 is 0. The number of aliphatic hydroxyl groups is 1. The molecule has 2 atom stereocenters. The number of alkyl halides is 3. The summed E-state index contributed by atoms with van der Waals surface area (Å²) in [6.07, 6.45) is -7.95. The Morgan fingerprint density at radius 3 is 2.56 bits per heavy atom. The molecule has 0 bridgehead atoms. The number of aliphatic hydroxyl groups excluding tert-OH is 1. The molecule has 13 heteroatoms. The molecule has 1 fully saturated rings. The third-order valence-electron chi connectivity index (χ3n) is 5.79. The fourth-order valence-corrected chi connectivity index (χ4v) is 4.04. The number of benzene rings is 2. The van der Waals surface area contributed by atoms with Gasteiger partial charge in [0.05, 0.1) is 6.61 Å². The van der Waals surface area contributed by atoms with E-state index in [1.54, 1.807) is 0 Å². The van der Waals surface area contributed by atoms with Crippen molar-refractivity contribution in [1.29, 1.82) is 5.41 Å². The minimum Gasteiger partial charge on any atom is -0.384 e. The van der Waals surface area contributed by atoms with Gasteiger partial charge in [0.1, 0.15) is 12.4 Å². The number of nitrogens with zero attached hydrogens (tertiary/aromatic N) is 2. The number of rotatable bonds is 6. The second-order valence-electron chi connectivity index (χ2n) is 8.32. The van der Waals surface area contributed by atoms with Gasteiger partial charge in [-0.05, 0) is 42.0 Å². The van der Waals surface area contributed by atoms with Crippen LogP contribution in [0.2, 0.25) is 0 Å². The van der Waals surface area contributed by atoms with E-state index in [0.29, 0.717) is 21.7 Å². The molecule has 2 heterocycles. The number of hydrogen-bond acceptors (Lipinski definition) is 6. The molecule has 5 N–H and O–H groups in total. The summed E-state index contributed by atoms with van der Waals surface area (Å²) in [7, 11) is 0. The smallest absolute Gasteiger partial charge is 0.384 e. The van der Waals surface area contributed by atoms with Crippen LogP contribution < -0.4 is 16.0 Å². The van der Waals surface area contributed by atoms with Gasteiger partial charge in [-0.15, -0.1) is 0 Å². The van der Waals surface area contributed by atoms with Gasteiger partial charge in [-0.3, -0.25) is 19.8 Å². The number of carbonyl (C=O) groups excluding carboxylic acids is 3. The maximum Gasteiger partial charge on any atom is 0.406 e. The molecule has 0 saturated carbocycles. The lowest BCUT2D eigenvalue weighted by molar-refractivity contribution is -0.150. The number of nitrogens with one attached hydrogen (secondary N) is 2. The molecular formula is C23H22F3N5O5. The highest BCUT2D eigenvalue weighted by atomic mass is 19.4. The van der Waals surface area contributed by atoms with Crippen LogP contribution in [0.4, 0.5) is 24.5 Å². The molecule has 0 aromatic heterocycles. The zero-order chi connectivity index (χ0) is 26.2. The molecule has 0 radical (unpaired) electrons. The number of amidine groups is 1. The van der Waals surface area contributed by atoms with Crippen LogP contribution >= 0.6 is 0 Å². The lowest BCUT2D eigenvalue weighted by Gasteiger charge is -2.34. The van der Waals surface area contributed by atoms with Crippen LogP contribution in [0.3, 0.4) is 0 Å². The van der Waals surface area contributed by atoms with E-state index in [2.05, 4.69) is 5.32 Å². The van der Waals surface area contributed by atoms with E-state index < -0.39 is 42.7 Å². The molecule has 0 aliphatic carbocycles. The van der Waals surface area contributed by atoms with Gasteiger partial charge in [0.15, 0.2) is 12.2 Å². The number of halogens is 3. The molecule has 0 spiro atoms. The van der Waals surface area contributed by atoms with Crippen LogP contribution in [0, 0.1) is 5.41 Å². The Morgan fingerprint density at radius 2 is 1.92 bits per heavy atom. The van der Waals surface area contributed by atoms with Crippen LogP contribution in [-0.2, 0) is 20.9 Å². The van der Waals surface area contributed by atoms with Gasteiger partial charge in [0.2, 0.25) is 0 Å². The van der Waals surface area contributed by atoms with Gasteiger partial charge >= 0.3 is 6.18 Å². The maximum absolute atomic E-state index is 13.1. The predicted octanol–water partition coefficient (Wildman–Crippen LogP) is 1.22. The number of nitrogens with two attached hydrogens (primary N) is 1. The van der Waals surface area contributed by atoms with Crippen LogP contribution in [0.25, 0.3) is 0 Å². The lowest BCUT2D eigenvalue weighted by atomic mass is 10.1. The number of carbonyl (C=O) groups is 3. The topological polar surface area (TPSA) is 149 Å². The Labute approximate surface area is 202 Å². The number of amides is 3. The second kappa shape index (κ2) is 9.59. The Morgan fingerprint density at radius 1 is 1.22 bits per heavy atom. The van der Waals surface area contributed by atoms with Crippen molar-refractivity contribution in [3.05, 3.63) is 59.2 Å². The summed E-state index contributed by atoms with van der Waals surface area (Å²) in [5, 5.41) is 20.3. The van der Waals surface area contributed by atoms with Crippen molar-refractivity contribution < 1.29 is 37.4 Å². The zero-order valence-corrected chi connectivity index (χ0v) is 18.7. The highest BCUT2D eigenvalue weighted by Crippen LogP contribution is 2.31. The van der Waals surface area contributed by atoms with Crippen LogP contribution in [-0.4, -0.2) is 71.6 Å². The number of fused-ring (bicyclic) bond motifs is 1. The van der Waals surface area contributed by atoms with Crippen molar-refractivity contribution in [3.8, 4) is 0 Å². The molecule has 2 aromatic rings. The molecule has 1 saturated heterocycles. The molecule has 2 aliphatic heterocycles. The van der Waals surface area contributed by atoms with E-state index in [9.17, 15) is 32.7 Å². The number of morpholine rings is 1. The maximum atomic E-state index is 13.1. The molecule has 190 valence electrons. The largest absolute Gasteiger partial charge is 0.406 e. The molecular weight excluding hydrogens is 483 g/mol. The van der Waals surface area contributed by atoms with Gasteiger partial charge in [0.25, 0.3) is 17.7 Å². The first-order valence-electron chi connectivity index (χ1n) is 10.8. The van der Waals surface area contributed by atoms with Crippen molar-refractivity contribution in [1.82, 2.24) is 4.90 Å². The minimum atomic E-state index is -4.54.